The summed E-state index contributed by atoms with van der Waals surface area (Å²) in [6, 6.07) is 0. The first-order valence-corrected chi connectivity index (χ1v) is 4.11. The predicted molar refractivity (Wildman–Crippen MR) is 53.4 cm³/mol. The number of nitrogens with one attached hydrogen (secondary N) is 1. The lowest BCUT2D eigenvalue weighted by molar-refractivity contribution is 0.967. The molecule has 1 aliphatic rings. The quantitative estimate of drug-likeness (QED) is 0.583. The highest BCUT2D eigenvalue weighted by atomic mass is 32.1. The third-order valence-corrected chi connectivity index (χ3v) is 1.34. The number of rotatable bonds is 1. The van der Waals surface area contributed by atoms with Crippen LogP contribution in [0.3, 0.4) is 0 Å². The van der Waals surface area contributed by atoms with E-state index < -0.39 is 0 Å². The minimum Gasteiger partial charge on any atom is -0.389 e. The van der Waals surface area contributed by atoms with Crippen LogP contribution in [0.1, 0.15) is 13.8 Å². The molecule has 0 saturated heterocycles. The summed E-state index contributed by atoms with van der Waals surface area (Å²) in [5.74, 6) is 0. The lowest BCUT2D eigenvalue weighted by Crippen LogP contribution is -2.16. The number of thiocarbonyl (C=S) groups is 1. The van der Waals surface area contributed by atoms with Crippen molar-refractivity contribution in [3.05, 3.63) is 23.9 Å². The van der Waals surface area contributed by atoms with E-state index in [9.17, 15) is 0 Å². The second-order valence-electron chi connectivity index (χ2n) is 1.77. The Hall–Kier alpha value is -0.830. The molecule has 1 aliphatic heterocycles. The number of hydrogen-bond acceptors (Lipinski definition) is 2. The molecule has 3 heteroatoms. The Morgan fingerprint density at radius 2 is 2.27 bits per heavy atom. The SMILES string of the molecule is CC.NC(=S)C1=CCNC=C1. The van der Waals surface area contributed by atoms with Gasteiger partial charge in [0, 0.05) is 12.1 Å². The minimum absolute atomic E-state index is 0.466. The molecule has 0 aromatic heterocycles. The van der Waals surface area contributed by atoms with E-state index in [4.69, 9.17) is 18.0 Å². The van der Waals surface area contributed by atoms with Gasteiger partial charge in [0.15, 0.2) is 0 Å². The normalized spacial score (nSPS) is 13.8. The van der Waals surface area contributed by atoms with Gasteiger partial charge < -0.3 is 11.1 Å². The Morgan fingerprint density at radius 3 is 2.55 bits per heavy atom. The van der Waals surface area contributed by atoms with E-state index in [1.165, 1.54) is 0 Å². The maximum Gasteiger partial charge on any atom is 0.103 e. The maximum atomic E-state index is 5.35. The maximum absolute atomic E-state index is 5.35. The van der Waals surface area contributed by atoms with Crippen molar-refractivity contribution in [1.82, 2.24) is 5.32 Å². The van der Waals surface area contributed by atoms with Gasteiger partial charge >= 0.3 is 0 Å². The Kier molecular flexibility index (Phi) is 5.47. The van der Waals surface area contributed by atoms with E-state index in [1.807, 2.05) is 32.2 Å². The smallest absolute Gasteiger partial charge is 0.103 e. The first kappa shape index (κ1) is 10.2. The van der Waals surface area contributed by atoms with Gasteiger partial charge in [-0.1, -0.05) is 32.1 Å². The molecule has 0 aromatic rings. The molecule has 3 N–H and O–H groups in total. The van der Waals surface area contributed by atoms with Gasteiger partial charge in [-0.15, -0.1) is 0 Å². The average molecular weight is 170 g/mol. The molecule has 0 aliphatic carbocycles. The first-order chi connectivity index (χ1) is 5.30. The standard InChI is InChI=1S/C6H8N2S.C2H6/c7-6(9)5-1-3-8-4-2-5;1-2/h1-3,8H,4H2,(H2,7,9);1-2H3. The van der Waals surface area contributed by atoms with Crippen LogP contribution in [0.5, 0.6) is 0 Å². The van der Waals surface area contributed by atoms with Crippen molar-refractivity contribution in [2.75, 3.05) is 6.54 Å². The summed E-state index contributed by atoms with van der Waals surface area (Å²) in [6.45, 7) is 4.82. The highest BCUT2D eigenvalue weighted by molar-refractivity contribution is 7.80. The number of hydrogen-bond donors (Lipinski definition) is 2. The summed E-state index contributed by atoms with van der Waals surface area (Å²) < 4.78 is 0. The van der Waals surface area contributed by atoms with Gasteiger partial charge in [-0.25, -0.2) is 0 Å². The molecule has 2 nitrogen and oxygen atoms in total. The topological polar surface area (TPSA) is 38.0 Å². The largest absolute Gasteiger partial charge is 0.389 e. The van der Waals surface area contributed by atoms with Crippen molar-refractivity contribution in [1.29, 1.82) is 0 Å². The molecular weight excluding hydrogens is 156 g/mol. The van der Waals surface area contributed by atoms with Crippen LogP contribution in [0.4, 0.5) is 0 Å². The van der Waals surface area contributed by atoms with Gasteiger partial charge in [-0.3, -0.25) is 0 Å². The molecule has 1 rings (SSSR count). The van der Waals surface area contributed by atoms with Gasteiger partial charge in [-0.2, -0.15) is 0 Å². The van der Waals surface area contributed by atoms with Gasteiger partial charge in [0.05, 0.1) is 0 Å². The molecular formula is C8H14N2S. The summed E-state index contributed by atoms with van der Waals surface area (Å²) in [5.41, 5.74) is 6.30. The van der Waals surface area contributed by atoms with Crippen molar-refractivity contribution in [3.63, 3.8) is 0 Å². The molecule has 0 unspecified atom stereocenters. The van der Waals surface area contributed by atoms with Gasteiger partial charge in [0.2, 0.25) is 0 Å². The number of dihydropyridines is 1. The van der Waals surface area contributed by atoms with E-state index in [-0.39, 0.29) is 0 Å². The van der Waals surface area contributed by atoms with Gasteiger partial charge in [-0.05, 0) is 12.3 Å². The fraction of sp³-hybridized carbons (Fsp3) is 0.375. The van der Waals surface area contributed by atoms with Crippen molar-refractivity contribution in [2.45, 2.75) is 13.8 Å². The van der Waals surface area contributed by atoms with E-state index in [0.29, 0.717) is 4.99 Å². The summed E-state index contributed by atoms with van der Waals surface area (Å²) in [4.78, 5) is 0.466. The van der Waals surface area contributed by atoms with Crippen LogP contribution in [0.2, 0.25) is 0 Å². The van der Waals surface area contributed by atoms with Crippen molar-refractivity contribution in [3.8, 4) is 0 Å². The molecule has 0 bridgehead atoms. The predicted octanol–water partition coefficient (Wildman–Crippen LogP) is 1.34. The summed E-state index contributed by atoms with van der Waals surface area (Å²) in [7, 11) is 0. The van der Waals surface area contributed by atoms with Crippen LogP contribution in [0.25, 0.3) is 0 Å². The van der Waals surface area contributed by atoms with Crippen LogP contribution in [-0.4, -0.2) is 11.5 Å². The summed E-state index contributed by atoms with van der Waals surface area (Å²) >= 11 is 4.75. The van der Waals surface area contributed by atoms with Crippen LogP contribution < -0.4 is 11.1 Å². The molecule has 0 radical (unpaired) electrons. The van der Waals surface area contributed by atoms with E-state index >= 15 is 0 Å². The lowest BCUT2D eigenvalue weighted by atomic mass is 10.2. The van der Waals surface area contributed by atoms with E-state index in [0.717, 1.165) is 12.1 Å². The van der Waals surface area contributed by atoms with E-state index in [2.05, 4.69) is 5.32 Å². The van der Waals surface area contributed by atoms with Crippen LogP contribution >= 0.6 is 12.2 Å². The average Bonchev–Trinajstić information content (AvgIpc) is 2.10. The molecule has 0 spiro atoms. The molecule has 0 aromatic carbocycles. The third kappa shape index (κ3) is 3.78. The van der Waals surface area contributed by atoms with Crippen molar-refractivity contribution >= 4 is 17.2 Å². The summed E-state index contributed by atoms with van der Waals surface area (Å²) in [5, 5.41) is 3.00. The molecule has 11 heavy (non-hydrogen) atoms. The first-order valence-electron chi connectivity index (χ1n) is 3.70. The summed E-state index contributed by atoms with van der Waals surface area (Å²) in [6.07, 6.45) is 5.67. The van der Waals surface area contributed by atoms with Crippen molar-refractivity contribution in [2.24, 2.45) is 5.73 Å². The Bertz CT molecular complexity index is 183. The second kappa shape index (κ2) is 5.92. The fourth-order valence-electron chi connectivity index (χ4n) is 0.636. The van der Waals surface area contributed by atoms with Gasteiger partial charge in [0.25, 0.3) is 0 Å². The molecule has 62 valence electrons. The zero-order chi connectivity index (χ0) is 8.69. The minimum atomic E-state index is 0.466. The van der Waals surface area contributed by atoms with Crippen molar-refractivity contribution < 1.29 is 0 Å². The van der Waals surface area contributed by atoms with Crippen LogP contribution in [-0.2, 0) is 0 Å². The molecule has 0 atom stereocenters. The van der Waals surface area contributed by atoms with Crippen LogP contribution in [0.15, 0.2) is 23.9 Å². The van der Waals surface area contributed by atoms with Gasteiger partial charge in [0.1, 0.15) is 4.99 Å². The zero-order valence-electron chi connectivity index (χ0n) is 6.92. The molecule has 0 fully saturated rings. The Balaban J connectivity index is 0.000000461. The number of nitrogens with two attached hydrogens (primary N) is 1. The fourth-order valence-corrected chi connectivity index (χ4v) is 0.788. The highest BCUT2D eigenvalue weighted by Gasteiger charge is 1.96. The second-order valence-corrected chi connectivity index (χ2v) is 2.21. The van der Waals surface area contributed by atoms with E-state index in [1.54, 1.807) is 0 Å². The van der Waals surface area contributed by atoms with Crippen LogP contribution in [0, 0.1) is 0 Å². The Labute approximate surface area is 73.2 Å². The molecule has 0 amide bonds. The lowest BCUT2D eigenvalue weighted by Gasteiger charge is -2.04. The Morgan fingerprint density at radius 1 is 1.64 bits per heavy atom. The molecule has 0 saturated carbocycles. The monoisotopic (exact) mass is 170 g/mol. The third-order valence-electron chi connectivity index (χ3n) is 1.11. The zero-order valence-corrected chi connectivity index (χ0v) is 7.74. The molecule has 1 heterocycles. The highest BCUT2D eigenvalue weighted by Crippen LogP contribution is 1.98.